The average Bonchev–Trinajstić information content (AvgIpc) is 2.90. The van der Waals surface area contributed by atoms with E-state index in [1.165, 1.54) is 12.8 Å². The fraction of sp³-hybridized carbons (Fsp3) is 0.812. The van der Waals surface area contributed by atoms with E-state index >= 15 is 0 Å². The standard InChI is InChI=1S/C16H27N3O2/c1-4-6-14-18-16(21-19-14)10-9-15(20)17-13-8-5-7-11(2)12(13)3/h11-13H,4-10H2,1-3H3,(H,17,20)/t11-,12+,13-/m1/s1. The molecule has 0 bridgehead atoms. The molecule has 0 aliphatic heterocycles. The summed E-state index contributed by atoms with van der Waals surface area (Å²) in [6.45, 7) is 6.59. The lowest BCUT2D eigenvalue weighted by atomic mass is 9.78. The lowest BCUT2D eigenvalue weighted by Crippen LogP contribution is -2.43. The van der Waals surface area contributed by atoms with E-state index in [-0.39, 0.29) is 5.91 Å². The van der Waals surface area contributed by atoms with Crippen LogP contribution in [0.1, 0.15) is 64.6 Å². The van der Waals surface area contributed by atoms with Gasteiger partial charge < -0.3 is 9.84 Å². The lowest BCUT2D eigenvalue weighted by Gasteiger charge is -2.34. The van der Waals surface area contributed by atoms with E-state index < -0.39 is 0 Å². The predicted molar refractivity (Wildman–Crippen MR) is 80.7 cm³/mol. The molecular weight excluding hydrogens is 266 g/mol. The lowest BCUT2D eigenvalue weighted by molar-refractivity contribution is -0.122. The van der Waals surface area contributed by atoms with Crippen LogP contribution in [0, 0.1) is 11.8 Å². The minimum absolute atomic E-state index is 0.0937. The van der Waals surface area contributed by atoms with Crippen LogP contribution in [0.15, 0.2) is 4.52 Å². The van der Waals surface area contributed by atoms with Gasteiger partial charge in [-0.2, -0.15) is 4.98 Å². The van der Waals surface area contributed by atoms with Crippen molar-refractivity contribution in [3.8, 4) is 0 Å². The van der Waals surface area contributed by atoms with Crippen LogP contribution in [-0.4, -0.2) is 22.1 Å². The third-order valence-electron chi connectivity index (χ3n) is 4.60. The molecule has 1 fully saturated rings. The van der Waals surface area contributed by atoms with Crippen molar-refractivity contribution in [3.63, 3.8) is 0 Å². The monoisotopic (exact) mass is 293 g/mol. The minimum atomic E-state index is 0.0937. The zero-order valence-electron chi connectivity index (χ0n) is 13.4. The van der Waals surface area contributed by atoms with Gasteiger partial charge in [0.05, 0.1) is 0 Å². The van der Waals surface area contributed by atoms with Crippen molar-refractivity contribution in [3.05, 3.63) is 11.7 Å². The molecule has 2 rings (SSSR count). The number of amides is 1. The molecule has 0 radical (unpaired) electrons. The Labute approximate surface area is 126 Å². The summed E-state index contributed by atoms with van der Waals surface area (Å²) in [5.74, 6) is 2.65. The molecule has 5 heteroatoms. The maximum Gasteiger partial charge on any atom is 0.227 e. The van der Waals surface area contributed by atoms with Crippen molar-refractivity contribution in [2.45, 2.75) is 71.8 Å². The summed E-state index contributed by atoms with van der Waals surface area (Å²) in [6.07, 6.45) is 6.35. The Bertz CT molecular complexity index is 458. The summed E-state index contributed by atoms with van der Waals surface area (Å²) < 4.78 is 5.15. The molecule has 1 aromatic rings. The normalized spacial score (nSPS) is 25.8. The molecule has 1 aromatic heterocycles. The largest absolute Gasteiger partial charge is 0.353 e. The summed E-state index contributed by atoms with van der Waals surface area (Å²) in [5, 5.41) is 7.08. The summed E-state index contributed by atoms with van der Waals surface area (Å²) in [6, 6.07) is 0.319. The van der Waals surface area contributed by atoms with Gasteiger partial charge in [-0.15, -0.1) is 0 Å². The molecular formula is C16H27N3O2. The van der Waals surface area contributed by atoms with E-state index in [0.29, 0.717) is 36.6 Å². The van der Waals surface area contributed by atoms with E-state index in [1.54, 1.807) is 0 Å². The molecule has 1 N–H and O–H groups in total. The van der Waals surface area contributed by atoms with Gasteiger partial charge in [0, 0.05) is 25.3 Å². The second-order valence-corrected chi connectivity index (χ2v) is 6.30. The Kier molecular flexibility index (Phi) is 5.76. The van der Waals surface area contributed by atoms with Crippen LogP contribution in [-0.2, 0) is 17.6 Å². The number of aryl methyl sites for hydroxylation is 2. The van der Waals surface area contributed by atoms with Crippen LogP contribution in [0.25, 0.3) is 0 Å². The Morgan fingerprint density at radius 2 is 2.14 bits per heavy atom. The maximum absolute atomic E-state index is 12.1. The number of carbonyl (C=O) groups is 1. The van der Waals surface area contributed by atoms with Crippen molar-refractivity contribution in [1.82, 2.24) is 15.5 Å². The first-order valence-electron chi connectivity index (χ1n) is 8.21. The molecule has 0 saturated heterocycles. The van der Waals surface area contributed by atoms with Crippen molar-refractivity contribution in [2.24, 2.45) is 11.8 Å². The summed E-state index contributed by atoms with van der Waals surface area (Å²) in [4.78, 5) is 16.4. The number of hydrogen-bond acceptors (Lipinski definition) is 4. The molecule has 0 spiro atoms. The zero-order chi connectivity index (χ0) is 15.2. The Morgan fingerprint density at radius 1 is 1.33 bits per heavy atom. The van der Waals surface area contributed by atoms with Gasteiger partial charge in [-0.05, 0) is 24.7 Å². The molecule has 1 amide bonds. The number of nitrogens with one attached hydrogen (secondary N) is 1. The van der Waals surface area contributed by atoms with Crippen LogP contribution in [0.3, 0.4) is 0 Å². The van der Waals surface area contributed by atoms with Gasteiger partial charge in [0.1, 0.15) is 0 Å². The van der Waals surface area contributed by atoms with Gasteiger partial charge in [-0.1, -0.05) is 38.8 Å². The Balaban J connectivity index is 1.76. The van der Waals surface area contributed by atoms with Crippen molar-refractivity contribution in [1.29, 1.82) is 0 Å². The smallest absolute Gasteiger partial charge is 0.227 e. The van der Waals surface area contributed by atoms with Crippen molar-refractivity contribution in [2.75, 3.05) is 0 Å². The van der Waals surface area contributed by atoms with Gasteiger partial charge >= 0.3 is 0 Å². The van der Waals surface area contributed by atoms with E-state index in [2.05, 4.69) is 36.2 Å². The highest BCUT2D eigenvalue weighted by Crippen LogP contribution is 2.29. The molecule has 0 unspecified atom stereocenters. The number of nitrogens with zero attached hydrogens (tertiary/aromatic N) is 2. The first kappa shape index (κ1) is 16.0. The maximum atomic E-state index is 12.1. The number of carbonyl (C=O) groups excluding carboxylic acids is 1. The van der Waals surface area contributed by atoms with Crippen LogP contribution < -0.4 is 5.32 Å². The van der Waals surface area contributed by atoms with Crippen LogP contribution >= 0.6 is 0 Å². The third-order valence-corrected chi connectivity index (χ3v) is 4.60. The van der Waals surface area contributed by atoms with Crippen LogP contribution in [0.5, 0.6) is 0 Å². The highest BCUT2D eigenvalue weighted by Gasteiger charge is 2.28. The number of rotatable bonds is 6. The fourth-order valence-corrected chi connectivity index (χ4v) is 3.00. The third kappa shape index (κ3) is 4.55. The highest BCUT2D eigenvalue weighted by molar-refractivity contribution is 5.76. The quantitative estimate of drug-likeness (QED) is 0.875. The summed E-state index contributed by atoms with van der Waals surface area (Å²) in [7, 11) is 0. The van der Waals surface area contributed by atoms with Gasteiger partial charge in [0.15, 0.2) is 5.82 Å². The molecule has 1 aliphatic rings. The topological polar surface area (TPSA) is 68.0 Å². The van der Waals surface area contributed by atoms with E-state index in [9.17, 15) is 4.79 Å². The second-order valence-electron chi connectivity index (χ2n) is 6.30. The molecule has 0 aromatic carbocycles. The van der Waals surface area contributed by atoms with E-state index in [1.807, 2.05) is 0 Å². The molecule has 1 heterocycles. The van der Waals surface area contributed by atoms with Crippen LogP contribution in [0.2, 0.25) is 0 Å². The molecule has 1 aliphatic carbocycles. The average molecular weight is 293 g/mol. The van der Waals surface area contributed by atoms with Crippen molar-refractivity contribution < 1.29 is 9.32 Å². The number of hydrogen-bond donors (Lipinski definition) is 1. The second kappa shape index (κ2) is 7.57. The molecule has 3 atom stereocenters. The number of aromatic nitrogens is 2. The van der Waals surface area contributed by atoms with E-state index in [0.717, 1.165) is 25.1 Å². The molecule has 118 valence electrons. The van der Waals surface area contributed by atoms with Gasteiger partial charge in [0.25, 0.3) is 0 Å². The summed E-state index contributed by atoms with van der Waals surface area (Å²) in [5.41, 5.74) is 0. The zero-order valence-corrected chi connectivity index (χ0v) is 13.4. The first-order chi connectivity index (χ1) is 10.1. The minimum Gasteiger partial charge on any atom is -0.353 e. The molecule has 5 nitrogen and oxygen atoms in total. The SMILES string of the molecule is CCCc1noc(CCC(=O)N[C@@H]2CCC[C@@H](C)[C@@H]2C)n1. The summed E-state index contributed by atoms with van der Waals surface area (Å²) >= 11 is 0. The Morgan fingerprint density at radius 3 is 2.90 bits per heavy atom. The van der Waals surface area contributed by atoms with Crippen LogP contribution in [0.4, 0.5) is 0 Å². The molecule has 21 heavy (non-hydrogen) atoms. The van der Waals surface area contributed by atoms with Gasteiger partial charge in [-0.25, -0.2) is 0 Å². The van der Waals surface area contributed by atoms with Gasteiger partial charge in [0.2, 0.25) is 11.8 Å². The first-order valence-corrected chi connectivity index (χ1v) is 8.21. The highest BCUT2D eigenvalue weighted by atomic mass is 16.5. The van der Waals surface area contributed by atoms with Gasteiger partial charge in [-0.3, -0.25) is 4.79 Å². The fourth-order valence-electron chi connectivity index (χ4n) is 3.00. The van der Waals surface area contributed by atoms with Crippen molar-refractivity contribution >= 4 is 5.91 Å². The Hall–Kier alpha value is -1.39. The predicted octanol–water partition coefficient (Wildman–Crippen LogP) is 2.90. The molecule has 1 saturated carbocycles. The van der Waals surface area contributed by atoms with E-state index in [4.69, 9.17) is 4.52 Å².